The molecule has 2 fully saturated rings. The van der Waals surface area contributed by atoms with Crippen LogP contribution in [-0.2, 0) is 11.3 Å². The largest absolute Gasteiger partial charge is 0.326 e. The maximum Gasteiger partial charge on any atom is 0.228 e. The molecule has 5 nitrogen and oxygen atoms in total. The van der Waals surface area contributed by atoms with E-state index >= 15 is 0 Å². The van der Waals surface area contributed by atoms with Gasteiger partial charge in [-0.05, 0) is 75.6 Å². The van der Waals surface area contributed by atoms with Crippen molar-refractivity contribution in [2.45, 2.75) is 31.8 Å². The Morgan fingerprint density at radius 2 is 2.03 bits per heavy atom. The van der Waals surface area contributed by atoms with E-state index in [0.29, 0.717) is 17.6 Å². The molecule has 154 valence electrons. The fraction of sp³-hybridized carbons (Fsp3) is 0.478. The zero-order valence-electron chi connectivity index (χ0n) is 16.9. The number of nitrogens with zero attached hydrogens (tertiary/aromatic N) is 3. The Morgan fingerprint density at radius 1 is 1.21 bits per heavy atom. The highest BCUT2D eigenvalue weighted by Crippen LogP contribution is 2.33. The number of halogens is 1. The Bertz CT molecular complexity index is 823. The third-order valence-corrected chi connectivity index (χ3v) is 6.35. The zero-order chi connectivity index (χ0) is 20.2. The van der Waals surface area contributed by atoms with Gasteiger partial charge in [0.05, 0.1) is 11.6 Å². The fourth-order valence-electron chi connectivity index (χ4n) is 4.80. The van der Waals surface area contributed by atoms with Crippen LogP contribution in [0.3, 0.4) is 0 Å². The first-order valence-electron chi connectivity index (χ1n) is 10.5. The molecule has 0 radical (unpaired) electrons. The van der Waals surface area contributed by atoms with Crippen LogP contribution < -0.4 is 5.32 Å². The van der Waals surface area contributed by atoms with E-state index in [0.717, 1.165) is 51.1 Å². The average Bonchev–Trinajstić information content (AvgIpc) is 3.11. The number of carbonyl (C=O) groups excluding carboxylic acids is 1. The molecule has 1 amide bonds. The minimum Gasteiger partial charge on any atom is -0.326 e. The normalized spacial score (nSPS) is 23.9. The molecule has 29 heavy (non-hydrogen) atoms. The van der Waals surface area contributed by atoms with Crippen LogP contribution in [-0.4, -0.2) is 53.4 Å². The van der Waals surface area contributed by atoms with Gasteiger partial charge in [0.25, 0.3) is 0 Å². The molecule has 3 heterocycles. The summed E-state index contributed by atoms with van der Waals surface area (Å²) < 4.78 is 13.4. The molecule has 1 aromatic carbocycles. The highest BCUT2D eigenvalue weighted by atomic mass is 19.1. The van der Waals surface area contributed by atoms with E-state index in [-0.39, 0.29) is 17.6 Å². The quantitative estimate of drug-likeness (QED) is 0.842. The van der Waals surface area contributed by atoms with E-state index in [1.807, 2.05) is 18.3 Å². The Morgan fingerprint density at radius 3 is 2.76 bits per heavy atom. The Kier molecular flexibility index (Phi) is 6.21. The van der Waals surface area contributed by atoms with Gasteiger partial charge >= 0.3 is 0 Å². The zero-order valence-corrected chi connectivity index (χ0v) is 16.9. The van der Waals surface area contributed by atoms with Gasteiger partial charge in [-0.2, -0.15) is 0 Å². The summed E-state index contributed by atoms with van der Waals surface area (Å²) in [6, 6.07) is 12.6. The number of pyridine rings is 1. The van der Waals surface area contributed by atoms with Crippen LogP contribution in [0.1, 0.15) is 25.0 Å². The number of benzene rings is 1. The lowest BCUT2D eigenvalue weighted by atomic mass is 9.86. The molecule has 2 aromatic rings. The van der Waals surface area contributed by atoms with Crippen molar-refractivity contribution in [2.24, 2.45) is 11.8 Å². The van der Waals surface area contributed by atoms with Crippen LogP contribution in [0.2, 0.25) is 0 Å². The molecule has 0 unspecified atom stereocenters. The minimum absolute atomic E-state index is 0.00228. The van der Waals surface area contributed by atoms with E-state index in [4.69, 9.17) is 0 Å². The van der Waals surface area contributed by atoms with Gasteiger partial charge in [-0.15, -0.1) is 0 Å². The van der Waals surface area contributed by atoms with Crippen LogP contribution in [0.4, 0.5) is 10.1 Å². The molecule has 0 spiro atoms. The van der Waals surface area contributed by atoms with Gasteiger partial charge in [0, 0.05) is 31.0 Å². The SMILES string of the molecule is CN1C[C@H](C(=O)Nc2cccc(F)c2)C[C@@H]1C1CCN(Cc2ccccn2)CC1. The summed E-state index contributed by atoms with van der Waals surface area (Å²) in [5, 5.41) is 2.88. The number of anilines is 1. The van der Waals surface area contributed by atoms with Crippen molar-refractivity contribution >= 4 is 11.6 Å². The number of carbonyl (C=O) groups is 1. The topological polar surface area (TPSA) is 48.5 Å². The molecular weight excluding hydrogens is 367 g/mol. The number of hydrogen-bond donors (Lipinski definition) is 1. The summed E-state index contributed by atoms with van der Waals surface area (Å²) in [5.41, 5.74) is 1.65. The van der Waals surface area contributed by atoms with Crippen molar-refractivity contribution in [1.82, 2.24) is 14.8 Å². The molecule has 2 saturated heterocycles. The van der Waals surface area contributed by atoms with Crippen molar-refractivity contribution in [3.05, 3.63) is 60.2 Å². The molecular formula is C23H29FN4O. The Hall–Kier alpha value is -2.31. The summed E-state index contributed by atoms with van der Waals surface area (Å²) in [6.45, 7) is 3.82. The van der Waals surface area contributed by atoms with E-state index in [2.05, 4.69) is 33.2 Å². The standard InChI is InChI=1S/C23H29FN4O/c1-27-15-18(23(29)26-20-7-4-5-19(24)14-20)13-22(27)17-8-11-28(12-9-17)16-21-6-2-3-10-25-21/h2-7,10,14,17-18,22H,8-9,11-13,15-16H2,1H3,(H,26,29)/t18-,22-/m1/s1. The van der Waals surface area contributed by atoms with Crippen LogP contribution in [0, 0.1) is 17.7 Å². The summed E-state index contributed by atoms with van der Waals surface area (Å²) in [7, 11) is 2.13. The van der Waals surface area contributed by atoms with Crippen LogP contribution >= 0.6 is 0 Å². The van der Waals surface area contributed by atoms with E-state index < -0.39 is 0 Å². The van der Waals surface area contributed by atoms with E-state index in [9.17, 15) is 9.18 Å². The average molecular weight is 397 g/mol. The molecule has 2 atom stereocenters. The number of rotatable bonds is 5. The van der Waals surface area contributed by atoms with Gasteiger partial charge in [0.1, 0.15) is 5.82 Å². The smallest absolute Gasteiger partial charge is 0.228 e. The fourth-order valence-corrected chi connectivity index (χ4v) is 4.80. The summed E-state index contributed by atoms with van der Waals surface area (Å²) in [5.74, 6) is 0.242. The van der Waals surface area contributed by atoms with Crippen molar-refractivity contribution in [3.8, 4) is 0 Å². The molecule has 1 aromatic heterocycles. The first kappa shape index (κ1) is 20.0. The first-order valence-corrected chi connectivity index (χ1v) is 10.5. The molecule has 6 heteroatoms. The minimum atomic E-state index is -0.332. The second-order valence-corrected chi connectivity index (χ2v) is 8.37. The van der Waals surface area contributed by atoms with Crippen molar-refractivity contribution in [2.75, 3.05) is 32.0 Å². The lowest BCUT2D eigenvalue weighted by Crippen LogP contribution is -2.41. The monoisotopic (exact) mass is 396 g/mol. The number of piperidine rings is 1. The van der Waals surface area contributed by atoms with Gasteiger partial charge in [-0.3, -0.25) is 14.7 Å². The number of amides is 1. The molecule has 0 bridgehead atoms. The second kappa shape index (κ2) is 9.01. The number of likely N-dealkylation sites (tertiary alicyclic amines) is 2. The number of aromatic nitrogens is 1. The molecule has 2 aliphatic rings. The lowest BCUT2D eigenvalue weighted by Gasteiger charge is -2.37. The third-order valence-electron chi connectivity index (χ3n) is 6.35. The predicted octanol–water partition coefficient (Wildman–Crippen LogP) is 3.39. The maximum atomic E-state index is 13.4. The molecule has 0 aliphatic carbocycles. The van der Waals surface area contributed by atoms with Gasteiger partial charge in [0.15, 0.2) is 0 Å². The lowest BCUT2D eigenvalue weighted by molar-refractivity contribution is -0.119. The van der Waals surface area contributed by atoms with Crippen LogP contribution in [0.25, 0.3) is 0 Å². The van der Waals surface area contributed by atoms with Gasteiger partial charge in [-0.25, -0.2) is 4.39 Å². The van der Waals surface area contributed by atoms with Crippen LogP contribution in [0.15, 0.2) is 48.7 Å². The molecule has 4 rings (SSSR count). The van der Waals surface area contributed by atoms with Crippen LogP contribution in [0.5, 0.6) is 0 Å². The van der Waals surface area contributed by atoms with Crippen molar-refractivity contribution in [1.29, 1.82) is 0 Å². The summed E-state index contributed by atoms with van der Waals surface area (Å²) in [6.07, 6.45) is 5.04. The number of nitrogens with one attached hydrogen (secondary N) is 1. The molecule has 0 saturated carbocycles. The maximum absolute atomic E-state index is 13.4. The van der Waals surface area contributed by atoms with Crippen molar-refractivity contribution in [3.63, 3.8) is 0 Å². The van der Waals surface area contributed by atoms with E-state index in [1.54, 1.807) is 12.1 Å². The third kappa shape index (κ3) is 5.00. The highest BCUT2D eigenvalue weighted by Gasteiger charge is 2.39. The summed E-state index contributed by atoms with van der Waals surface area (Å²) in [4.78, 5) is 21.9. The summed E-state index contributed by atoms with van der Waals surface area (Å²) >= 11 is 0. The molecule has 2 aliphatic heterocycles. The van der Waals surface area contributed by atoms with E-state index in [1.165, 1.54) is 12.1 Å². The molecule has 1 N–H and O–H groups in total. The van der Waals surface area contributed by atoms with Gasteiger partial charge < -0.3 is 10.2 Å². The van der Waals surface area contributed by atoms with Gasteiger partial charge in [0.2, 0.25) is 5.91 Å². The Labute approximate surface area is 171 Å². The first-order chi connectivity index (χ1) is 14.1. The Balaban J connectivity index is 1.28. The van der Waals surface area contributed by atoms with Crippen molar-refractivity contribution < 1.29 is 9.18 Å². The number of hydrogen-bond acceptors (Lipinski definition) is 4. The highest BCUT2D eigenvalue weighted by molar-refractivity contribution is 5.92. The predicted molar refractivity (Wildman–Crippen MR) is 112 cm³/mol. The van der Waals surface area contributed by atoms with Gasteiger partial charge in [-0.1, -0.05) is 12.1 Å². The second-order valence-electron chi connectivity index (χ2n) is 8.37.